The molecule has 2 aromatic carbocycles. The summed E-state index contributed by atoms with van der Waals surface area (Å²) in [6.07, 6.45) is 1.37. The SMILES string of the molecule is NC(=O)c1cnc(Nc2cccc(N3CCNCC3)c2)cc1NCc1cc(F)cc(F)c1. The average molecular weight is 438 g/mol. The summed E-state index contributed by atoms with van der Waals surface area (Å²) in [7, 11) is 0. The van der Waals surface area contributed by atoms with Crippen LogP contribution in [-0.2, 0) is 6.54 Å². The number of primary amides is 1. The van der Waals surface area contributed by atoms with Crippen molar-refractivity contribution in [1.29, 1.82) is 0 Å². The zero-order chi connectivity index (χ0) is 22.5. The molecule has 5 N–H and O–H groups in total. The van der Waals surface area contributed by atoms with Gasteiger partial charge in [0.1, 0.15) is 17.5 Å². The van der Waals surface area contributed by atoms with E-state index in [2.05, 4.69) is 31.9 Å². The lowest BCUT2D eigenvalue weighted by molar-refractivity contribution is 0.100. The van der Waals surface area contributed by atoms with Crippen LogP contribution in [0.3, 0.4) is 0 Å². The van der Waals surface area contributed by atoms with E-state index in [1.807, 2.05) is 18.2 Å². The summed E-state index contributed by atoms with van der Waals surface area (Å²) in [5.41, 5.74) is 8.41. The van der Waals surface area contributed by atoms with Crippen molar-refractivity contribution in [2.24, 2.45) is 5.73 Å². The fraction of sp³-hybridized carbons (Fsp3) is 0.217. The Balaban J connectivity index is 1.53. The Labute approximate surface area is 184 Å². The number of amides is 1. The first-order valence-electron chi connectivity index (χ1n) is 10.3. The number of nitrogens with one attached hydrogen (secondary N) is 3. The van der Waals surface area contributed by atoms with Gasteiger partial charge in [-0.1, -0.05) is 6.07 Å². The van der Waals surface area contributed by atoms with Gasteiger partial charge in [-0.15, -0.1) is 0 Å². The number of halogens is 2. The van der Waals surface area contributed by atoms with E-state index in [1.54, 1.807) is 6.07 Å². The lowest BCUT2D eigenvalue weighted by Crippen LogP contribution is -2.43. The number of carbonyl (C=O) groups excluding carboxylic acids is 1. The van der Waals surface area contributed by atoms with Gasteiger partial charge in [-0.25, -0.2) is 13.8 Å². The third-order valence-corrected chi connectivity index (χ3v) is 5.18. The highest BCUT2D eigenvalue weighted by Gasteiger charge is 2.13. The van der Waals surface area contributed by atoms with E-state index in [9.17, 15) is 13.6 Å². The molecule has 0 aliphatic carbocycles. The Morgan fingerprint density at radius 1 is 1.09 bits per heavy atom. The van der Waals surface area contributed by atoms with Crippen LogP contribution in [0.1, 0.15) is 15.9 Å². The first-order valence-corrected chi connectivity index (χ1v) is 10.3. The number of pyridine rings is 1. The summed E-state index contributed by atoms with van der Waals surface area (Å²) in [4.78, 5) is 18.4. The van der Waals surface area contributed by atoms with Crippen LogP contribution in [0.25, 0.3) is 0 Å². The van der Waals surface area contributed by atoms with Crippen LogP contribution in [0, 0.1) is 11.6 Å². The Bertz CT molecular complexity index is 1100. The molecule has 0 radical (unpaired) electrons. The molecule has 9 heteroatoms. The number of hydrogen-bond acceptors (Lipinski definition) is 6. The summed E-state index contributed by atoms with van der Waals surface area (Å²) in [6, 6.07) is 12.9. The van der Waals surface area contributed by atoms with Crippen LogP contribution in [0.2, 0.25) is 0 Å². The fourth-order valence-electron chi connectivity index (χ4n) is 3.63. The highest BCUT2D eigenvalue weighted by atomic mass is 19.1. The van der Waals surface area contributed by atoms with Crippen molar-refractivity contribution < 1.29 is 13.6 Å². The van der Waals surface area contributed by atoms with Crippen LogP contribution >= 0.6 is 0 Å². The Morgan fingerprint density at radius 2 is 1.84 bits per heavy atom. The van der Waals surface area contributed by atoms with Crippen molar-refractivity contribution in [1.82, 2.24) is 10.3 Å². The van der Waals surface area contributed by atoms with Crippen molar-refractivity contribution in [3.05, 3.63) is 77.5 Å². The highest BCUT2D eigenvalue weighted by molar-refractivity contribution is 5.98. The highest BCUT2D eigenvalue weighted by Crippen LogP contribution is 2.25. The molecule has 0 spiro atoms. The van der Waals surface area contributed by atoms with Gasteiger partial charge >= 0.3 is 0 Å². The van der Waals surface area contributed by atoms with Crippen molar-refractivity contribution in [2.45, 2.75) is 6.54 Å². The standard InChI is InChI=1S/C23H24F2N6O/c24-16-8-15(9-17(25)10-16)13-28-21-12-22(29-14-20(21)23(26)32)30-18-2-1-3-19(11-18)31-6-4-27-5-7-31/h1-3,8-12,14,27H,4-7,13H2,(H2,26,32)(H2,28,29,30). The topological polar surface area (TPSA) is 95.3 Å². The summed E-state index contributed by atoms with van der Waals surface area (Å²) in [5.74, 6) is -1.49. The van der Waals surface area contributed by atoms with Crippen LogP contribution in [0.5, 0.6) is 0 Å². The second-order valence-corrected chi connectivity index (χ2v) is 7.52. The smallest absolute Gasteiger partial charge is 0.252 e. The lowest BCUT2D eigenvalue weighted by atomic mass is 10.1. The van der Waals surface area contributed by atoms with Gasteiger partial charge in [0.15, 0.2) is 0 Å². The molecule has 0 unspecified atom stereocenters. The van der Waals surface area contributed by atoms with Crippen LogP contribution in [-0.4, -0.2) is 37.1 Å². The third-order valence-electron chi connectivity index (χ3n) is 5.18. The van der Waals surface area contributed by atoms with E-state index in [-0.39, 0.29) is 12.1 Å². The first kappa shape index (κ1) is 21.5. The second kappa shape index (κ2) is 9.61. The van der Waals surface area contributed by atoms with Gasteiger partial charge in [-0.3, -0.25) is 4.79 Å². The largest absolute Gasteiger partial charge is 0.380 e. The number of aromatic nitrogens is 1. The fourth-order valence-corrected chi connectivity index (χ4v) is 3.63. The Morgan fingerprint density at radius 3 is 2.56 bits per heavy atom. The molecule has 2 heterocycles. The number of hydrogen-bond donors (Lipinski definition) is 4. The Hall–Kier alpha value is -3.72. The molecule has 1 aliphatic heterocycles. The zero-order valence-corrected chi connectivity index (χ0v) is 17.4. The Kier molecular flexibility index (Phi) is 6.46. The molecule has 1 fully saturated rings. The number of benzene rings is 2. The minimum atomic E-state index is -0.668. The molecule has 1 amide bonds. The molecule has 3 aromatic rings. The maximum absolute atomic E-state index is 13.5. The van der Waals surface area contributed by atoms with Crippen LogP contribution in [0.15, 0.2) is 54.7 Å². The van der Waals surface area contributed by atoms with Crippen molar-refractivity contribution in [2.75, 3.05) is 41.7 Å². The number of rotatable bonds is 7. The molecule has 1 aromatic heterocycles. The molecule has 1 saturated heterocycles. The summed E-state index contributed by atoms with van der Waals surface area (Å²) >= 11 is 0. The molecule has 4 rings (SSSR count). The molecule has 1 aliphatic rings. The quantitative estimate of drug-likeness (QED) is 0.453. The second-order valence-electron chi connectivity index (χ2n) is 7.52. The minimum Gasteiger partial charge on any atom is -0.380 e. The van der Waals surface area contributed by atoms with E-state index >= 15 is 0 Å². The molecule has 0 atom stereocenters. The lowest BCUT2D eigenvalue weighted by Gasteiger charge is -2.29. The summed E-state index contributed by atoms with van der Waals surface area (Å²) < 4.78 is 26.9. The normalized spacial score (nSPS) is 13.6. The van der Waals surface area contributed by atoms with Gasteiger partial charge in [0.25, 0.3) is 5.91 Å². The average Bonchev–Trinajstić information content (AvgIpc) is 2.78. The molecule has 0 bridgehead atoms. The van der Waals surface area contributed by atoms with E-state index in [4.69, 9.17) is 5.73 Å². The molecular formula is C23H24F2N6O. The summed E-state index contributed by atoms with van der Waals surface area (Å²) in [5, 5.41) is 9.60. The number of nitrogens with two attached hydrogens (primary N) is 1. The number of anilines is 4. The van der Waals surface area contributed by atoms with E-state index in [0.29, 0.717) is 17.1 Å². The predicted octanol–water partition coefficient (Wildman–Crippen LogP) is 3.22. The van der Waals surface area contributed by atoms with Gasteiger partial charge in [0, 0.05) is 62.4 Å². The van der Waals surface area contributed by atoms with Gasteiger partial charge in [0.2, 0.25) is 0 Å². The molecule has 0 saturated carbocycles. The van der Waals surface area contributed by atoms with Crippen molar-refractivity contribution >= 4 is 28.8 Å². The minimum absolute atomic E-state index is 0.108. The van der Waals surface area contributed by atoms with Gasteiger partial charge in [0.05, 0.1) is 11.3 Å². The first-order chi connectivity index (χ1) is 15.5. The van der Waals surface area contributed by atoms with Gasteiger partial charge in [-0.2, -0.15) is 0 Å². The van der Waals surface area contributed by atoms with E-state index in [1.165, 1.54) is 18.3 Å². The van der Waals surface area contributed by atoms with Crippen LogP contribution < -0.4 is 26.6 Å². The predicted molar refractivity (Wildman–Crippen MR) is 121 cm³/mol. The molecule has 32 heavy (non-hydrogen) atoms. The summed E-state index contributed by atoms with van der Waals surface area (Å²) in [6.45, 7) is 3.86. The van der Waals surface area contributed by atoms with Gasteiger partial charge in [-0.05, 0) is 35.9 Å². The monoisotopic (exact) mass is 438 g/mol. The van der Waals surface area contributed by atoms with Gasteiger partial charge < -0.3 is 26.6 Å². The van der Waals surface area contributed by atoms with E-state index in [0.717, 1.165) is 43.6 Å². The number of carbonyl (C=O) groups is 1. The molecular weight excluding hydrogens is 414 g/mol. The molecule has 166 valence electrons. The maximum Gasteiger partial charge on any atom is 0.252 e. The van der Waals surface area contributed by atoms with Crippen molar-refractivity contribution in [3.63, 3.8) is 0 Å². The van der Waals surface area contributed by atoms with Crippen LogP contribution in [0.4, 0.5) is 31.7 Å². The van der Waals surface area contributed by atoms with Crippen molar-refractivity contribution in [3.8, 4) is 0 Å². The number of nitrogens with zero attached hydrogens (tertiary/aromatic N) is 2. The maximum atomic E-state index is 13.5. The number of piperazine rings is 1. The third kappa shape index (κ3) is 5.30. The van der Waals surface area contributed by atoms with E-state index < -0.39 is 17.5 Å². The zero-order valence-electron chi connectivity index (χ0n) is 17.4. The molecule has 7 nitrogen and oxygen atoms in total.